The second-order valence-corrected chi connectivity index (χ2v) is 7.65. The van der Waals surface area contributed by atoms with Gasteiger partial charge in [0, 0.05) is 18.7 Å². The number of hydrogen-bond donors (Lipinski definition) is 2. The topological polar surface area (TPSA) is 89.3 Å². The molecule has 1 aromatic rings. The Hall–Kier alpha value is -1.47. The summed E-state index contributed by atoms with van der Waals surface area (Å²) in [5.41, 5.74) is 0.997. The number of rotatable bonds is 7. The van der Waals surface area contributed by atoms with Crippen molar-refractivity contribution in [3.8, 4) is 0 Å². The number of ether oxygens (including phenoxy) is 1. The molecule has 0 aromatic carbocycles. The van der Waals surface area contributed by atoms with Gasteiger partial charge in [-0.1, -0.05) is 25.5 Å². The van der Waals surface area contributed by atoms with Crippen LogP contribution >= 0.6 is 0 Å². The quantitative estimate of drug-likeness (QED) is 0.780. The van der Waals surface area contributed by atoms with Crippen LogP contribution in [0.25, 0.3) is 0 Å². The molecule has 1 aromatic heterocycles. The smallest absolute Gasteiger partial charge is 0.223 e. The van der Waals surface area contributed by atoms with Crippen LogP contribution in [-0.4, -0.2) is 50.9 Å². The van der Waals surface area contributed by atoms with Crippen molar-refractivity contribution in [2.75, 3.05) is 6.61 Å². The van der Waals surface area contributed by atoms with Gasteiger partial charge in [0.25, 0.3) is 0 Å². The third-order valence-corrected chi connectivity index (χ3v) is 5.43. The predicted octanol–water partition coefficient (Wildman–Crippen LogP) is 1.62. The Bertz CT molecular complexity index is 570. The van der Waals surface area contributed by atoms with Crippen LogP contribution in [-0.2, 0) is 16.1 Å². The fourth-order valence-corrected chi connectivity index (χ4v) is 3.44. The van der Waals surface area contributed by atoms with E-state index in [9.17, 15) is 9.90 Å². The number of nitrogens with one attached hydrogen (secondary N) is 1. The summed E-state index contributed by atoms with van der Waals surface area (Å²) in [6.07, 6.45) is 7.45. The second kappa shape index (κ2) is 8.27. The maximum atomic E-state index is 12.1. The summed E-state index contributed by atoms with van der Waals surface area (Å²) in [6, 6.07) is -0.0757. The number of aromatic nitrogens is 3. The molecule has 0 unspecified atom stereocenters. The van der Waals surface area contributed by atoms with Crippen molar-refractivity contribution >= 4 is 5.91 Å². The van der Waals surface area contributed by atoms with Crippen molar-refractivity contribution in [3.05, 3.63) is 11.9 Å². The van der Waals surface area contributed by atoms with Crippen molar-refractivity contribution in [1.82, 2.24) is 20.3 Å². The van der Waals surface area contributed by atoms with Crippen molar-refractivity contribution < 1.29 is 14.6 Å². The third kappa shape index (κ3) is 4.58. The molecule has 7 nitrogen and oxygen atoms in total. The lowest BCUT2D eigenvalue weighted by Crippen LogP contribution is -2.52. The summed E-state index contributed by atoms with van der Waals surface area (Å²) >= 11 is 0. The molecule has 1 amide bonds. The molecule has 2 heterocycles. The fraction of sp³-hybridized carbons (Fsp3) is 0.833. The van der Waals surface area contributed by atoms with Crippen LogP contribution in [0.2, 0.25) is 0 Å². The van der Waals surface area contributed by atoms with Crippen LogP contribution in [0.15, 0.2) is 6.20 Å². The van der Waals surface area contributed by atoms with Crippen molar-refractivity contribution in [2.45, 2.75) is 83.1 Å². The molecular formula is C18H30N4O3. The SMILES string of the molecule is CC(C)c1cn(CC[C@@H]2CC[C@@H](NC(=O)C3CCC3)[C@@H](CO)O2)nn1. The number of aryl methyl sites for hydroxylation is 1. The van der Waals surface area contributed by atoms with E-state index in [1.54, 1.807) is 0 Å². The van der Waals surface area contributed by atoms with Crippen LogP contribution in [0.3, 0.4) is 0 Å². The van der Waals surface area contributed by atoms with E-state index in [4.69, 9.17) is 4.74 Å². The van der Waals surface area contributed by atoms with E-state index in [0.717, 1.165) is 50.8 Å². The van der Waals surface area contributed by atoms with Gasteiger partial charge in [-0.15, -0.1) is 5.10 Å². The Balaban J connectivity index is 1.46. The average Bonchev–Trinajstić information content (AvgIpc) is 3.01. The van der Waals surface area contributed by atoms with Crippen molar-refractivity contribution in [1.29, 1.82) is 0 Å². The van der Waals surface area contributed by atoms with Crippen molar-refractivity contribution in [2.24, 2.45) is 5.92 Å². The summed E-state index contributed by atoms with van der Waals surface area (Å²) in [4.78, 5) is 12.1. The van der Waals surface area contributed by atoms with E-state index in [0.29, 0.717) is 5.92 Å². The molecule has 2 aliphatic rings. The van der Waals surface area contributed by atoms with E-state index in [2.05, 4.69) is 29.5 Å². The van der Waals surface area contributed by atoms with Crippen LogP contribution < -0.4 is 5.32 Å². The van der Waals surface area contributed by atoms with Gasteiger partial charge in [0.1, 0.15) is 6.10 Å². The normalized spacial score (nSPS) is 27.3. The predicted molar refractivity (Wildman–Crippen MR) is 93.0 cm³/mol. The summed E-state index contributed by atoms with van der Waals surface area (Å²) < 4.78 is 7.89. The Morgan fingerprint density at radius 2 is 2.20 bits per heavy atom. The number of nitrogens with zero attached hydrogens (tertiary/aromatic N) is 3. The van der Waals surface area contributed by atoms with Gasteiger partial charge in [0.05, 0.1) is 24.4 Å². The molecule has 2 N–H and O–H groups in total. The zero-order valence-corrected chi connectivity index (χ0v) is 15.2. The maximum Gasteiger partial charge on any atom is 0.223 e. The summed E-state index contributed by atoms with van der Waals surface area (Å²) in [6.45, 7) is 4.89. The van der Waals surface area contributed by atoms with Crippen LogP contribution in [0.4, 0.5) is 0 Å². The highest BCUT2D eigenvalue weighted by Gasteiger charge is 2.34. The molecule has 0 bridgehead atoms. The van der Waals surface area contributed by atoms with Crippen LogP contribution in [0, 0.1) is 5.92 Å². The number of amides is 1. The Kier molecular flexibility index (Phi) is 6.06. The first kappa shape index (κ1) is 18.3. The number of aliphatic hydroxyl groups excluding tert-OH is 1. The van der Waals surface area contributed by atoms with Gasteiger partial charge in [-0.25, -0.2) is 0 Å². The first-order valence-electron chi connectivity index (χ1n) is 9.53. The lowest BCUT2D eigenvalue weighted by molar-refractivity contribution is -0.134. The van der Waals surface area contributed by atoms with Crippen molar-refractivity contribution in [3.63, 3.8) is 0 Å². The molecule has 1 saturated heterocycles. The summed E-state index contributed by atoms with van der Waals surface area (Å²) in [7, 11) is 0. The molecule has 1 aliphatic heterocycles. The highest BCUT2D eigenvalue weighted by atomic mass is 16.5. The first-order chi connectivity index (χ1) is 12.1. The highest BCUT2D eigenvalue weighted by Crippen LogP contribution is 2.28. The van der Waals surface area contributed by atoms with E-state index in [-0.39, 0.29) is 36.7 Å². The minimum absolute atomic E-state index is 0.0626. The van der Waals surface area contributed by atoms with Gasteiger partial charge >= 0.3 is 0 Å². The van der Waals surface area contributed by atoms with Gasteiger partial charge in [0.15, 0.2) is 0 Å². The standard InChI is InChI=1S/C18H30N4O3/c1-12(2)16-10-22(21-20-16)9-8-14-6-7-15(17(11-23)25-14)19-18(24)13-4-3-5-13/h10,12-15,17,23H,3-9,11H2,1-2H3,(H,19,24)/t14-,15+,17+/m0/s1. The monoisotopic (exact) mass is 350 g/mol. The highest BCUT2D eigenvalue weighted by molar-refractivity contribution is 5.79. The molecule has 3 atom stereocenters. The molecular weight excluding hydrogens is 320 g/mol. The molecule has 1 aliphatic carbocycles. The molecule has 7 heteroatoms. The number of hydrogen-bond acceptors (Lipinski definition) is 5. The summed E-state index contributed by atoms with van der Waals surface area (Å²) in [5, 5.41) is 21.1. The number of aliphatic hydroxyl groups is 1. The molecule has 3 rings (SSSR count). The third-order valence-electron chi connectivity index (χ3n) is 5.43. The van der Waals surface area contributed by atoms with Crippen LogP contribution in [0.5, 0.6) is 0 Å². The lowest BCUT2D eigenvalue weighted by Gasteiger charge is -2.37. The maximum absolute atomic E-state index is 12.1. The van der Waals surface area contributed by atoms with E-state index in [1.165, 1.54) is 0 Å². The van der Waals surface area contributed by atoms with Gasteiger partial charge < -0.3 is 15.2 Å². The van der Waals surface area contributed by atoms with E-state index in [1.807, 2.05) is 10.9 Å². The fourth-order valence-electron chi connectivity index (χ4n) is 3.44. The number of carbonyl (C=O) groups is 1. The van der Waals surface area contributed by atoms with Gasteiger partial charge in [0.2, 0.25) is 5.91 Å². The zero-order valence-electron chi connectivity index (χ0n) is 15.2. The van der Waals surface area contributed by atoms with Crippen LogP contribution in [0.1, 0.15) is 64.0 Å². The minimum Gasteiger partial charge on any atom is -0.394 e. The molecule has 2 fully saturated rings. The number of carbonyl (C=O) groups excluding carboxylic acids is 1. The Morgan fingerprint density at radius 1 is 1.40 bits per heavy atom. The lowest BCUT2D eigenvalue weighted by atomic mass is 9.84. The summed E-state index contributed by atoms with van der Waals surface area (Å²) in [5.74, 6) is 0.665. The minimum atomic E-state index is -0.315. The van der Waals surface area contributed by atoms with E-state index >= 15 is 0 Å². The van der Waals surface area contributed by atoms with Gasteiger partial charge in [-0.05, 0) is 38.0 Å². The Labute approximate surface area is 149 Å². The molecule has 140 valence electrons. The molecule has 0 spiro atoms. The Morgan fingerprint density at radius 3 is 2.80 bits per heavy atom. The van der Waals surface area contributed by atoms with Gasteiger partial charge in [-0.3, -0.25) is 9.48 Å². The molecule has 25 heavy (non-hydrogen) atoms. The average molecular weight is 350 g/mol. The molecule has 1 saturated carbocycles. The van der Waals surface area contributed by atoms with E-state index < -0.39 is 0 Å². The second-order valence-electron chi connectivity index (χ2n) is 7.65. The largest absolute Gasteiger partial charge is 0.394 e. The molecule has 0 radical (unpaired) electrons. The zero-order chi connectivity index (χ0) is 17.8. The van der Waals surface area contributed by atoms with Gasteiger partial charge in [-0.2, -0.15) is 0 Å². The first-order valence-corrected chi connectivity index (χ1v) is 9.53.